The molecule has 3 heterocycles. The number of aryl methyl sites for hydroxylation is 1. The minimum Gasteiger partial charge on any atom is -0.382 e. The van der Waals surface area contributed by atoms with Gasteiger partial charge in [0.25, 0.3) is 0 Å². The summed E-state index contributed by atoms with van der Waals surface area (Å²) >= 11 is 0. The molecule has 25 heavy (non-hydrogen) atoms. The Morgan fingerprint density at radius 1 is 1.16 bits per heavy atom. The maximum atomic E-state index is 6.15. The van der Waals surface area contributed by atoms with Crippen molar-refractivity contribution >= 4 is 33.4 Å². The number of anilines is 2. The van der Waals surface area contributed by atoms with E-state index in [1.165, 1.54) is 5.69 Å². The Hall–Kier alpha value is -2.34. The van der Waals surface area contributed by atoms with Crippen LogP contribution in [0.3, 0.4) is 0 Å². The fourth-order valence-corrected chi connectivity index (χ4v) is 3.53. The molecule has 1 fully saturated rings. The number of imidazole rings is 1. The second-order valence-corrected chi connectivity index (χ2v) is 7.00. The highest BCUT2D eigenvalue weighted by atomic mass is 15.2. The van der Waals surface area contributed by atoms with E-state index >= 15 is 0 Å². The maximum Gasteiger partial charge on any atom is 0.152 e. The molecular formula is C19H26N6. The number of benzene rings is 1. The summed E-state index contributed by atoms with van der Waals surface area (Å²) in [5, 5.41) is 1.11. The quantitative estimate of drug-likeness (QED) is 0.765. The number of nitrogens with zero attached hydrogens (tertiary/aromatic N) is 4. The molecule has 0 unspecified atom stereocenters. The molecule has 0 aliphatic carbocycles. The number of hydrogen-bond donors (Lipinski definition) is 2. The van der Waals surface area contributed by atoms with Crippen LogP contribution in [0, 0.1) is 0 Å². The van der Waals surface area contributed by atoms with Crippen molar-refractivity contribution in [1.82, 2.24) is 19.9 Å². The van der Waals surface area contributed by atoms with Gasteiger partial charge in [-0.25, -0.2) is 9.97 Å². The molecule has 0 radical (unpaired) electrons. The number of rotatable bonds is 4. The molecule has 0 atom stereocenters. The summed E-state index contributed by atoms with van der Waals surface area (Å²) in [6.45, 7) is 6.49. The number of piperazine rings is 1. The first-order chi connectivity index (χ1) is 12.2. The lowest BCUT2D eigenvalue weighted by Gasteiger charge is -2.34. The second-order valence-electron chi connectivity index (χ2n) is 7.00. The van der Waals surface area contributed by atoms with Gasteiger partial charge in [0.1, 0.15) is 11.3 Å². The molecule has 0 bridgehead atoms. The Balaban J connectivity index is 1.78. The number of aromatic nitrogens is 3. The van der Waals surface area contributed by atoms with Gasteiger partial charge < -0.3 is 20.5 Å². The predicted molar refractivity (Wildman–Crippen MR) is 104 cm³/mol. The summed E-state index contributed by atoms with van der Waals surface area (Å²) in [5.74, 6) is 1.51. The van der Waals surface area contributed by atoms with Crippen LogP contribution in [0.15, 0.2) is 18.2 Å². The van der Waals surface area contributed by atoms with Crippen molar-refractivity contribution < 1.29 is 0 Å². The van der Waals surface area contributed by atoms with E-state index in [1.54, 1.807) is 0 Å². The molecule has 3 aromatic rings. The van der Waals surface area contributed by atoms with Crippen molar-refractivity contribution in [2.45, 2.75) is 26.2 Å². The number of aromatic amines is 1. The highest BCUT2D eigenvalue weighted by Crippen LogP contribution is 2.30. The lowest BCUT2D eigenvalue weighted by Crippen LogP contribution is -2.44. The fourth-order valence-electron chi connectivity index (χ4n) is 3.53. The van der Waals surface area contributed by atoms with E-state index in [9.17, 15) is 0 Å². The van der Waals surface area contributed by atoms with Gasteiger partial charge in [0.05, 0.1) is 11.0 Å². The molecule has 2 aromatic heterocycles. The largest absolute Gasteiger partial charge is 0.382 e. The number of nitrogens with two attached hydrogens (primary N) is 1. The zero-order chi connectivity index (χ0) is 17.4. The van der Waals surface area contributed by atoms with E-state index in [2.05, 4.69) is 56.9 Å². The van der Waals surface area contributed by atoms with Crippen LogP contribution in [0.5, 0.6) is 0 Å². The number of fused-ring (bicyclic) bond motifs is 3. The van der Waals surface area contributed by atoms with E-state index in [0.29, 0.717) is 5.82 Å². The van der Waals surface area contributed by atoms with Crippen LogP contribution in [-0.4, -0.2) is 53.1 Å². The molecule has 1 aliphatic heterocycles. The summed E-state index contributed by atoms with van der Waals surface area (Å²) in [5.41, 5.74) is 10.1. The molecule has 6 nitrogen and oxygen atoms in total. The minimum absolute atomic E-state index is 0.508. The zero-order valence-corrected chi connectivity index (χ0v) is 15.0. The normalized spacial score (nSPS) is 16.2. The van der Waals surface area contributed by atoms with Gasteiger partial charge >= 0.3 is 0 Å². The highest BCUT2D eigenvalue weighted by molar-refractivity contribution is 6.07. The number of H-pyrrole nitrogens is 1. The Bertz CT molecular complexity index is 892. The first-order valence-electron chi connectivity index (χ1n) is 9.17. The van der Waals surface area contributed by atoms with Crippen LogP contribution >= 0.6 is 0 Å². The average Bonchev–Trinajstić information content (AvgIpc) is 3.06. The van der Waals surface area contributed by atoms with Gasteiger partial charge in [-0.15, -0.1) is 0 Å². The molecule has 0 amide bonds. The molecule has 3 N–H and O–H groups in total. The lowest BCUT2D eigenvalue weighted by molar-refractivity contribution is 0.313. The lowest BCUT2D eigenvalue weighted by atomic mass is 10.1. The smallest absolute Gasteiger partial charge is 0.152 e. The van der Waals surface area contributed by atoms with Crippen molar-refractivity contribution in [3.8, 4) is 0 Å². The first kappa shape index (κ1) is 16.1. The molecule has 1 aromatic carbocycles. The predicted octanol–water partition coefficient (Wildman–Crippen LogP) is 2.79. The Morgan fingerprint density at radius 3 is 2.72 bits per heavy atom. The average molecular weight is 338 g/mol. The highest BCUT2D eigenvalue weighted by Gasteiger charge is 2.17. The Kier molecular flexibility index (Phi) is 4.21. The van der Waals surface area contributed by atoms with Gasteiger partial charge in [-0.3, -0.25) is 0 Å². The number of unbranched alkanes of at least 4 members (excludes halogenated alkanes) is 1. The van der Waals surface area contributed by atoms with Gasteiger partial charge in [-0.05, 0) is 31.7 Å². The zero-order valence-electron chi connectivity index (χ0n) is 15.0. The maximum absolute atomic E-state index is 6.15. The van der Waals surface area contributed by atoms with Crippen LogP contribution in [0.1, 0.15) is 25.6 Å². The van der Waals surface area contributed by atoms with Gasteiger partial charge in [0, 0.05) is 43.7 Å². The number of nitrogens with one attached hydrogen (secondary N) is 1. The summed E-state index contributed by atoms with van der Waals surface area (Å²) in [4.78, 5) is 17.6. The molecule has 1 aliphatic rings. The van der Waals surface area contributed by atoms with Gasteiger partial charge in [-0.2, -0.15) is 0 Å². The van der Waals surface area contributed by atoms with Gasteiger partial charge in [0.15, 0.2) is 5.82 Å². The van der Waals surface area contributed by atoms with Crippen LogP contribution in [0.4, 0.5) is 11.5 Å². The van der Waals surface area contributed by atoms with E-state index in [1.807, 2.05) is 0 Å². The summed E-state index contributed by atoms with van der Waals surface area (Å²) in [7, 11) is 2.18. The second kappa shape index (κ2) is 6.52. The van der Waals surface area contributed by atoms with E-state index in [4.69, 9.17) is 5.73 Å². The monoisotopic (exact) mass is 338 g/mol. The minimum atomic E-state index is 0.508. The number of likely N-dealkylation sites (N-methyl/N-ethyl adjacent to an activating group) is 1. The summed E-state index contributed by atoms with van der Waals surface area (Å²) < 4.78 is 0. The standard InChI is InChI=1S/C19H26N6/c1-3-4-5-16-22-17-14-12-13(25-10-8-24(2)9-11-25)6-7-15(14)21-19(20)18(17)23-16/h6-7,12H,3-5,8-11H2,1-2H3,(H2,20,21)(H,22,23). The molecule has 6 heteroatoms. The van der Waals surface area contributed by atoms with Crippen LogP contribution in [-0.2, 0) is 6.42 Å². The SMILES string of the molecule is CCCCc1nc2c(N)nc3ccc(N4CCN(C)CC4)cc3c2[nH]1. The van der Waals surface area contributed by atoms with Crippen molar-refractivity contribution in [3.05, 3.63) is 24.0 Å². The molecule has 0 saturated carbocycles. The first-order valence-corrected chi connectivity index (χ1v) is 9.17. The van der Waals surface area contributed by atoms with Crippen LogP contribution in [0.2, 0.25) is 0 Å². The molecule has 0 spiro atoms. The van der Waals surface area contributed by atoms with Crippen molar-refractivity contribution in [3.63, 3.8) is 0 Å². The number of hydrogen-bond acceptors (Lipinski definition) is 5. The Labute approximate surface area is 148 Å². The van der Waals surface area contributed by atoms with Gasteiger partial charge in [-0.1, -0.05) is 13.3 Å². The van der Waals surface area contributed by atoms with E-state index in [0.717, 1.165) is 73.2 Å². The third-order valence-corrected chi connectivity index (χ3v) is 5.12. The van der Waals surface area contributed by atoms with Crippen LogP contribution in [0.25, 0.3) is 21.9 Å². The number of nitrogen functional groups attached to an aromatic ring is 1. The summed E-state index contributed by atoms with van der Waals surface area (Å²) in [6, 6.07) is 6.46. The molecule has 1 saturated heterocycles. The third kappa shape index (κ3) is 3.02. The third-order valence-electron chi connectivity index (χ3n) is 5.12. The molecule has 4 rings (SSSR count). The van der Waals surface area contributed by atoms with E-state index < -0.39 is 0 Å². The topological polar surface area (TPSA) is 74.1 Å². The van der Waals surface area contributed by atoms with E-state index in [-0.39, 0.29) is 0 Å². The van der Waals surface area contributed by atoms with Crippen molar-refractivity contribution in [2.24, 2.45) is 0 Å². The number of pyridine rings is 1. The molecular weight excluding hydrogens is 312 g/mol. The summed E-state index contributed by atoms with van der Waals surface area (Å²) in [6.07, 6.45) is 3.22. The van der Waals surface area contributed by atoms with Crippen molar-refractivity contribution in [2.75, 3.05) is 43.9 Å². The molecule has 132 valence electrons. The van der Waals surface area contributed by atoms with Crippen LogP contribution < -0.4 is 10.6 Å². The van der Waals surface area contributed by atoms with Gasteiger partial charge in [0.2, 0.25) is 0 Å². The Morgan fingerprint density at radius 2 is 1.96 bits per heavy atom. The van der Waals surface area contributed by atoms with Crippen molar-refractivity contribution in [1.29, 1.82) is 0 Å². The fraction of sp³-hybridized carbons (Fsp3) is 0.474.